The number of hydrogen-bond donors (Lipinski definition) is 1. The average Bonchev–Trinajstić information content (AvgIpc) is 2.34. The van der Waals surface area contributed by atoms with Crippen LogP contribution in [-0.2, 0) is 9.84 Å². The molecule has 1 heterocycles. The molecule has 2 amide bonds. The first-order valence-corrected chi connectivity index (χ1v) is 8.83. The van der Waals surface area contributed by atoms with Gasteiger partial charge in [-0.25, -0.2) is 13.2 Å². The van der Waals surface area contributed by atoms with Crippen molar-refractivity contribution in [2.45, 2.75) is 37.5 Å². The van der Waals surface area contributed by atoms with Crippen LogP contribution in [0.5, 0.6) is 0 Å². The first-order valence-electron chi connectivity index (χ1n) is 6.94. The molecule has 0 bridgehead atoms. The van der Waals surface area contributed by atoms with Gasteiger partial charge in [0, 0.05) is 46.0 Å². The van der Waals surface area contributed by atoms with Gasteiger partial charge in [-0.3, -0.25) is 0 Å². The zero-order valence-electron chi connectivity index (χ0n) is 13.1. The molecule has 0 aromatic rings. The van der Waals surface area contributed by atoms with E-state index in [0.29, 0.717) is 19.6 Å². The second-order valence-electron chi connectivity index (χ2n) is 6.35. The minimum atomic E-state index is -3.07. The summed E-state index contributed by atoms with van der Waals surface area (Å²) in [5.74, 6) is 0. The number of nitrogens with zero attached hydrogens (tertiary/aromatic N) is 2. The van der Waals surface area contributed by atoms with Gasteiger partial charge in [0.1, 0.15) is 0 Å². The molecule has 1 N–H and O–H groups in total. The summed E-state index contributed by atoms with van der Waals surface area (Å²) in [5, 5.41) is 3.33. The molecular formula is C13H27N3O3S. The van der Waals surface area contributed by atoms with E-state index in [-0.39, 0.29) is 12.1 Å². The molecule has 0 aromatic heterocycles. The molecule has 0 aromatic carbocycles. The standard InChI is InChI=1S/C13H27N3O3S/c1-13(2,20(5,18)19)10-14-11-6-8-16(9-7-11)12(17)15(3)4/h11,14H,6-10H2,1-5H3. The van der Waals surface area contributed by atoms with Gasteiger partial charge in [0.05, 0.1) is 4.75 Å². The molecule has 1 aliphatic rings. The molecule has 0 aliphatic carbocycles. The van der Waals surface area contributed by atoms with Crippen LogP contribution in [0.25, 0.3) is 0 Å². The van der Waals surface area contributed by atoms with Crippen LogP contribution in [0.4, 0.5) is 4.79 Å². The average molecular weight is 305 g/mol. The Balaban J connectivity index is 2.42. The van der Waals surface area contributed by atoms with Gasteiger partial charge in [-0.1, -0.05) is 0 Å². The molecule has 7 heteroatoms. The smallest absolute Gasteiger partial charge is 0.319 e. The van der Waals surface area contributed by atoms with Crippen LogP contribution in [0, 0.1) is 0 Å². The quantitative estimate of drug-likeness (QED) is 0.823. The van der Waals surface area contributed by atoms with E-state index < -0.39 is 14.6 Å². The first-order chi connectivity index (χ1) is 9.04. The zero-order valence-corrected chi connectivity index (χ0v) is 14.0. The number of amides is 2. The maximum atomic E-state index is 11.8. The summed E-state index contributed by atoms with van der Waals surface area (Å²) in [7, 11) is 0.430. The number of urea groups is 1. The van der Waals surface area contributed by atoms with Gasteiger partial charge in [-0.05, 0) is 26.7 Å². The van der Waals surface area contributed by atoms with E-state index in [1.54, 1.807) is 32.8 Å². The van der Waals surface area contributed by atoms with Crippen molar-refractivity contribution in [2.24, 2.45) is 0 Å². The molecule has 1 fully saturated rings. The molecule has 1 aliphatic heterocycles. The van der Waals surface area contributed by atoms with E-state index in [1.165, 1.54) is 6.26 Å². The Kier molecular flexibility index (Phi) is 5.43. The van der Waals surface area contributed by atoms with Gasteiger partial charge in [0.15, 0.2) is 9.84 Å². The van der Waals surface area contributed by atoms with Crippen LogP contribution >= 0.6 is 0 Å². The Morgan fingerprint density at radius 1 is 1.30 bits per heavy atom. The molecule has 0 radical (unpaired) electrons. The van der Waals surface area contributed by atoms with Crippen LogP contribution in [0.1, 0.15) is 26.7 Å². The lowest BCUT2D eigenvalue weighted by Crippen LogP contribution is -2.51. The van der Waals surface area contributed by atoms with Crippen LogP contribution in [0.2, 0.25) is 0 Å². The van der Waals surface area contributed by atoms with Crippen molar-refractivity contribution in [3.05, 3.63) is 0 Å². The van der Waals surface area contributed by atoms with E-state index in [0.717, 1.165) is 12.8 Å². The molecule has 6 nitrogen and oxygen atoms in total. The maximum absolute atomic E-state index is 11.8. The third-order valence-corrected chi connectivity index (χ3v) is 6.12. The van der Waals surface area contributed by atoms with Crippen LogP contribution in [-0.4, -0.2) is 75.0 Å². The Morgan fingerprint density at radius 2 is 1.80 bits per heavy atom. The summed E-state index contributed by atoms with van der Waals surface area (Å²) < 4.78 is 22.5. The van der Waals surface area contributed by atoms with Crippen LogP contribution in [0.15, 0.2) is 0 Å². The van der Waals surface area contributed by atoms with Crippen molar-refractivity contribution in [2.75, 3.05) is 40.0 Å². The van der Waals surface area contributed by atoms with Crippen molar-refractivity contribution in [3.63, 3.8) is 0 Å². The minimum Gasteiger partial charge on any atom is -0.331 e. The van der Waals surface area contributed by atoms with Crippen molar-refractivity contribution in [3.8, 4) is 0 Å². The van der Waals surface area contributed by atoms with Gasteiger partial charge in [0.25, 0.3) is 0 Å². The molecule has 118 valence electrons. The lowest BCUT2D eigenvalue weighted by atomic mass is 10.0. The number of hydrogen-bond acceptors (Lipinski definition) is 4. The summed E-state index contributed by atoms with van der Waals surface area (Å²) in [4.78, 5) is 15.2. The zero-order chi connectivity index (χ0) is 15.6. The lowest BCUT2D eigenvalue weighted by Gasteiger charge is -2.35. The third-order valence-electron chi connectivity index (χ3n) is 3.97. The Labute approximate surface area is 122 Å². The van der Waals surface area contributed by atoms with E-state index in [1.807, 2.05) is 4.90 Å². The highest BCUT2D eigenvalue weighted by atomic mass is 32.2. The van der Waals surface area contributed by atoms with Gasteiger partial charge in [-0.15, -0.1) is 0 Å². The van der Waals surface area contributed by atoms with E-state index in [4.69, 9.17) is 0 Å². The van der Waals surface area contributed by atoms with Crippen molar-refractivity contribution >= 4 is 15.9 Å². The van der Waals surface area contributed by atoms with Crippen molar-refractivity contribution in [1.29, 1.82) is 0 Å². The molecule has 0 atom stereocenters. The lowest BCUT2D eigenvalue weighted by molar-refractivity contribution is 0.152. The second-order valence-corrected chi connectivity index (χ2v) is 9.00. The van der Waals surface area contributed by atoms with Crippen LogP contribution in [0.3, 0.4) is 0 Å². The molecular weight excluding hydrogens is 278 g/mol. The predicted octanol–water partition coefficient (Wildman–Crippen LogP) is 0.545. The molecule has 20 heavy (non-hydrogen) atoms. The van der Waals surface area contributed by atoms with Gasteiger partial charge >= 0.3 is 6.03 Å². The predicted molar refractivity (Wildman–Crippen MR) is 80.6 cm³/mol. The number of carbonyl (C=O) groups is 1. The molecule has 0 unspecified atom stereocenters. The van der Waals surface area contributed by atoms with E-state index in [2.05, 4.69) is 5.32 Å². The summed E-state index contributed by atoms with van der Waals surface area (Å²) in [6.45, 7) is 5.35. The fourth-order valence-corrected chi connectivity index (χ4v) is 2.42. The normalized spacial score (nSPS) is 18.1. The van der Waals surface area contributed by atoms with Crippen LogP contribution < -0.4 is 5.32 Å². The second kappa shape index (κ2) is 6.30. The fraction of sp³-hybridized carbons (Fsp3) is 0.923. The molecule has 1 saturated heterocycles. The Bertz CT molecular complexity index is 438. The number of carbonyl (C=O) groups excluding carboxylic acids is 1. The Morgan fingerprint density at radius 3 is 2.20 bits per heavy atom. The van der Waals surface area contributed by atoms with Crippen molar-refractivity contribution < 1.29 is 13.2 Å². The Hall–Kier alpha value is -0.820. The summed E-state index contributed by atoms with van der Waals surface area (Å²) in [6.07, 6.45) is 2.99. The maximum Gasteiger partial charge on any atom is 0.319 e. The monoisotopic (exact) mass is 305 g/mol. The summed E-state index contributed by atoms with van der Waals surface area (Å²) >= 11 is 0. The van der Waals surface area contributed by atoms with E-state index in [9.17, 15) is 13.2 Å². The highest BCUT2D eigenvalue weighted by molar-refractivity contribution is 7.92. The first kappa shape index (κ1) is 17.2. The van der Waals surface area contributed by atoms with Gasteiger partial charge < -0.3 is 15.1 Å². The highest BCUT2D eigenvalue weighted by Gasteiger charge is 2.31. The fourth-order valence-electron chi connectivity index (χ4n) is 2.08. The number of likely N-dealkylation sites (tertiary alicyclic amines) is 1. The molecule has 0 saturated carbocycles. The number of sulfone groups is 1. The summed E-state index contributed by atoms with van der Waals surface area (Å²) in [5.41, 5.74) is 0. The highest BCUT2D eigenvalue weighted by Crippen LogP contribution is 2.16. The number of nitrogens with one attached hydrogen (secondary N) is 1. The van der Waals surface area contributed by atoms with Gasteiger partial charge in [-0.2, -0.15) is 0 Å². The number of rotatable bonds is 4. The molecule has 0 spiro atoms. The van der Waals surface area contributed by atoms with Gasteiger partial charge in [0.2, 0.25) is 0 Å². The SMILES string of the molecule is CN(C)C(=O)N1CCC(NCC(C)(C)S(C)(=O)=O)CC1. The van der Waals surface area contributed by atoms with Crippen molar-refractivity contribution in [1.82, 2.24) is 15.1 Å². The summed E-state index contributed by atoms with van der Waals surface area (Å²) in [6, 6.07) is 0.321. The minimum absolute atomic E-state index is 0.0416. The topological polar surface area (TPSA) is 69.7 Å². The molecule has 1 rings (SSSR count). The number of piperidine rings is 1. The third kappa shape index (κ3) is 4.34. The largest absolute Gasteiger partial charge is 0.331 e. The van der Waals surface area contributed by atoms with E-state index >= 15 is 0 Å².